The molecular weight excluding hydrogens is 414 g/mol. The number of hydrogen-bond donors (Lipinski definition) is 2. The minimum atomic E-state index is -0.226. The van der Waals surface area contributed by atoms with Crippen LogP contribution in [0.1, 0.15) is 18.9 Å². The number of methoxy groups -OCH3 is 2. The maximum atomic E-state index is 13.0. The highest BCUT2D eigenvalue weighted by Crippen LogP contribution is 2.27. The van der Waals surface area contributed by atoms with Crippen LogP contribution < -0.4 is 25.4 Å². The molecule has 1 aliphatic heterocycles. The number of carbonyl (C=O) groups excluding carboxylic acids is 1. The Morgan fingerprint density at radius 3 is 2.75 bits per heavy atom. The summed E-state index contributed by atoms with van der Waals surface area (Å²) in [5, 5.41) is 7.30. The topological polar surface area (TPSA) is 136 Å². The Bertz CT molecular complexity index is 1130. The highest BCUT2D eigenvalue weighted by molar-refractivity contribution is 5.90. The molecule has 32 heavy (non-hydrogen) atoms. The van der Waals surface area contributed by atoms with Crippen molar-refractivity contribution in [3.05, 3.63) is 23.9 Å². The van der Waals surface area contributed by atoms with Gasteiger partial charge in [0, 0.05) is 37.3 Å². The third-order valence-electron chi connectivity index (χ3n) is 5.52. The Labute approximate surface area is 185 Å². The monoisotopic (exact) mass is 441 g/mol. The van der Waals surface area contributed by atoms with Crippen LogP contribution in [0.2, 0.25) is 0 Å². The van der Waals surface area contributed by atoms with Crippen LogP contribution in [0.25, 0.3) is 5.65 Å². The minimum absolute atomic E-state index is 0.0346. The molecule has 3 aromatic rings. The van der Waals surface area contributed by atoms with E-state index in [0.29, 0.717) is 42.8 Å². The summed E-state index contributed by atoms with van der Waals surface area (Å²) in [5.74, 6) is 1.53. The third-order valence-corrected chi connectivity index (χ3v) is 5.52. The van der Waals surface area contributed by atoms with Crippen molar-refractivity contribution in [1.29, 1.82) is 0 Å². The molecule has 0 unspecified atom stereocenters. The van der Waals surface area contributed by atoms with Crippen LogP contribution in [0.4, 0.5) is 22.4 Å². The first-order chi connectivity index (χ1) is 15.4. The molecule has 3 N–H and O–H groups in total. The number of nitrogens with one attached hydrogen (secondary N) is 1. The zero-order chi connectivity index (χ0) is 22.8. The van der Waals surface area contributed by atoms with Crippen LogP contribution in [0.5, 0.6) is 11.8 Å². The molecule has 1 aliphatic rings. The van der Waals surface area contributed by atoms with E-state index in [1.807, 2.05) is 6.92 Å². The number of anilines is 3. The molecule has 1 atom stereocenters. The van der Waals surface area contributed by atoms with Gasteiger partial charge in [-0.2, -0.15) is 24.6 Å². The van der Waals surface area contributed by atoms with Crippen molar-refractivity contribution >= 4 is 29.3 Å². The smallest absolute Gasteiger partial charge is 0.322 e. The molecule has 0 aliphatic carbocycles. The van der Waals surface area contributed by atoms with Crippen LogP contribution in [-0.4, -0.2) is 75.4 Å². The lowest BCUT2D eigenvalue weighted by molar-refractivity contribution is 0.196. The van der Waals surface area contributed by atoms with Gasteiger partial charge in [-0.05, 0) is 19.4 Å². The second kappa shape index (κ2) is 8.73. The summed E-state index contributed by atoms with van der Waals surface area (Å²) in [6.45, 7) is 5.60. The van der Waals surface area contributed by atoms with Crippen molar-refractivity contribution in [2.75, 3.05) is 49.8 Å². The summed E-state index contributed by atoms with van der Waals surface area (Å²) in [4.78, 5) is 29.8. The Morgan fingerprint density at radius 1 is 1.22 bits per heavy atom. The molecule has 1 fully saturated rings. The third kappa shape index (κ3) is 3.90. The number of nitrogens with two attached hydrogens (primary N) is 1. The van der Waals surface area contributed by atoms with E-state index in [9.17, 15) is 4.79 Å². The summed E-state index contributed by atoms with van der Waals surface area (Å²) in [7, 11) is 3.02. The Morgan fingerprint density at radius 2 is 2.03 bits per heavy atom. The average molecular weight is 441 g/mol. The first-order valence-electron chi connectivity index (χ1n) is 10.3. The number of carbonyl (C=O) groups is 1. The molecule has 4 heterocycles. The number of nitrogen functional groups attached to an aromatic ring is 1. The molecular formula is C20H27N9O3. The van der Waals surface area contributed by atoms with E-state index >= 15 is 0 Å². The fraction of sp³-hybridized carbons (Fsp3) is 0.450. The maximum Gasteiger partial charge on any atom is 0.322 e. The second-order valence-electron chi connectivity index (χ2n) is 7.49. The Balaban J connectivity index is 1.53. The van der Waals surface area contributed by atoms with E-state index in [0.717, 1.165) is 12.0 Å². The molecule has 0 bridgehead atoms. The molecule has 4 rings (SSSR count). The van der Waals surface area contributed by atoms with E-state index in [2.05, 4.69) is 37.2 Å². The van der Waals surface area contributed by atoms with Gasteiger partial charge in [0.05, 0.1) is 20.4 Å². The summed E-state index contributed by atoms with van der Waals surface area (Å²) in [6.07, 6.45) is 2.55. The number of hydrogen-bond acceptors (Lipinski definition) is 9. The Kier molecular flexibility index (Phi) is 5.84. The molecule has 170 valence electrons. The molecule has 2 amide bonds. The van der Waals surface area contributed by atoms with Crippen LogP contribution in [-0.2, 0) is 0 Å². The van der Waals surface area contributed by atoms with Crippen molar-refractivity contribution in [2.24, 2.45) is 0 Å². The Hall–Kier alpha value is -3.83. The fourth-order valence-electron chi connectivity index (χ4n) is 3.81. The van der Waals surface area contributed by atoms with E-state index in [1.165, 1.54) is 14.2 Å². The molecule has 1 saturated heterocycles. The fourth-order valence-corrected chi connectivity index (χ4v) is 3.81. The van der Waals surface area contributed by atoms with Crippen LogP contribution in [0.3, 0.4) is 0 Å². The number of ether oxygens (including phenoxy) is 2. The van der Waals surface area contributed by atoms with Gasteiger partial charge in [0.25, 0.3) is 0 Å². The largest absolute Gasteiger partial charge is 0.481 e. The van der Waals surface area contributed by atoms with Gasteiger partial charge in [0.15, 0.2) is 5.65 Å². The number of fused-ring (bicyclic) bond motifs is 1. The van der Waals surface area contributed by atoms with Crippen molar-refractivity contribution in [2.45, 2.75) is 26.3 Å². The predicted molar refractivity (Wildman–Crippen MR) is 119 cm³/mol. The first-order valence-corrected chi connectivity index (χ1v) is 10.3. The predicted octanol–water partition coefficient (Wildman–Crippen LogP) is 1.56. The number of rotatable bonds is 5. The number of nitrogens with zero attached hydrogens (tertiary/aromatic N) is 7. The van der Waals surface area contributed by atoms with Crippen LogP contribution in [0, 0.1) is 6.92 Å². The molecule has 0 radical (unpaired) electrons. The maximum absolute atomic E-state index is 13.0. The molecule has 0 aromatic carbocycles. The van der Waals surface area contributed by atoms with Crippen molar-refractivity contribution in [3.63, 3.8) is 0 Å². The SMILES string of the molecule is CC[C@H]1CN(C(=O)Nc2ccc(OC)nc2OC)CCN1c1nc(N)nc2c(C)cnn12. The lowest BCUT2D eigenvalue weighted by atomic mass is 10.1. The standard InChI is InChI=1S/C20H27N9O3/c1-5-13-11-27(20(30)23-14-6-7-15(31-3)24-17(14)32-4)8-9-28(13)19-26-18(21)25-16-12(2)10-22-29(16)19/h6-7,10,13H,5,8-9,11H2,1-4H3,(H2,21,25)(H,23,30)/t13-/m0/s1. The zero-order valence-electron chi connectivity index (χ0n) is 18.6. The first kappa shape index (κ1) is 21.4. The lowest BCUT2D eigenvalue weighted by Crippen LogP contribution is -2.56. The number of pyridine rings is 1. The zero-order valence-corrected chi connectivity index (χ0v) is 18.6. The van der Waals surface area contributed by atoms with Crippen molar-refractivity contribution in [1.82, 2.24) is 29.5 Å². The average Bonchev–Trinajstić information content (AvgIpc) is 3.18. The molecule has 12 heteroatoms. The number of amides is 2. The highest BCUT2D eigenvalue weighted by Gasteiger charge is 2.31. The highest BCUT2D eigenvalue weighted by atomic mass is 16.5. The van der Waals surface area contributed by atoms with Gasteiger partial charge in [0.2, 0.25) is 23.7 Å². The number of urea groups is 1. The quantitative estimate of drug-likeness (QED) is 0.604. The molecule has 3 aromatic heterocycles. The second-order valence-corrected chi connectivity index (χ2v) is 7.49. The molecule has 0 saturated carbocycles. The molecule has 0 spiro atoms. The van der Waals surface area contributed by atoms with Gasteiger partial charge >= 0.3 is 6.03 Å². The van der Waals surface area contributed by atoms with Crippen molar-refractivity contribution < 1.29 is 14.3 Å². The van der Waals surface area contributed by atoms with E-state index < -0.39 is 0 Å². The summed E-state index contributed by atoms with van der Waals surface area (Å²) < 4.78 is 12.1. The van der Waals surface area contributed by atoms with Gasteiger partial charge < -0.3 is 30.3 Å². The van der Waals surface area contributed by atoms with Crippen LogP contribution >= 0.6 is 0 Å². The van der Waals surface area contributed by atoms with Gasteiger partial charge in [-0.3, -0.25) is 0 Å². The van der Waals surface area contributed by atoms with Gasteiger partial charge in [-0.15, -0.1) is 0 Å². The summed E-state index contributed by atoms with van der Waals surface area (Å²) in [6, 6.07) is 3.18. The van der Waals surface area contributed by atoms with E-state index in [1.54, 1.807) is 27.7 Å². The van der Waals surface area contributed by atoms with E-state index in [4.69, 9.17) is 15.2 Å². The van der Waals surface area contributed by atoms with Gasteiger partial charge in [0.1, 0.15) is 5.69 Å². The van der Waals surface area contributed by atoms with Gasteiger partial charge in [-0.25, -0.2) is 4.79 Å². The van der Waals surface area contributed by atoms with Crippen LogP contribution in [0.15, 0.2) is 18.3 Å². The number of aryl methyl sites for hydroxylation is 1. The molecule has 12 nitrogen and oxygen atoms in total. The van der Waals surface area contributed by atoms with Gasteiger partial charge in [-0.1, -0.05) is 6.92 Å². The minimum Gasteiger partial charge on any atom is -0.481 e. The number of aromatic nitrogens is 5. The van der Waals surface area contributed by atoms with E-state index in [-0.39, 0.29) is 23.9 Å². The number of piperazine rings is 1. The summed E-state index contributed by atoms with van der Waals surface area (Å²) >= 11 is 0. The summed E-state index contributed by atoms with van der Waals surface area (Å²) in [5.41, 5.74) is 8.05. The lowest BCUT2D eigenvalue weighted by Gasteiger charge is -2.41. The van der Waals surface area contributed by atoms with Crippen molar-refractivity contribution in [3.8, 4) is 11.8 Å². The normalized spacial score (nSPS) is 16.3.